The van der Waals surface area contributed by atoms with E-state index in [-0.39, 0.29) is 33.8 Å². The Balaban J connectivity index is 1.58. The van der Waals surface area contributed by atoms with Gasteiger partial charge >= 0.3 is 12.1 Å². The Morgan fingerprint density at radius 2 is 1.62 bits per heavy atom. The first-order valence-electron chi connectivity index (χ1n) is 13.7. The van der Waals surface area contributed by atoms with Crippen molar-refractivity contribution in [1.29, 1.82) is 0 Å². The van der Waals surface area contributed by atoms with E-state index in [2.05, 4.69) is 0 Å². The third-order valence-corrected chi connectivity index (χ3v) is 8.08. The number of hydrogen-bond donors (Lipinski definition) is 0. The van der Waals surface area contributed by atoms with Gasteiger partial charge in [-0.05, 0) is 74.2 Å². The molecule has 4 rings (SSSR count). The lowest BCUT2D eigenvalue weighted by Gasteiger charge is -2.31. The average Bonchev–Trinajstić information content (AvgIpc) is 2.99. The lowest BCUT2D eigenvalue weighted by atomic mass is 9.79. The first-order valence-corrected chi connectivity index (χ1v) is 14.9. The number of amides is 1. The van der Waals surface area contributed by atoms with Crippen LogP contribution in [-0.2, 0) is 14.3 Å². The normalized spacial score (nSPS) is 17.1. The van der Waals surface area contributed by atoms with Crippen LogP contribution in [0.2, 0.25) is 10.0 Å². The van der Waals surface area contributed by atoms with Crippen LogP contribution in [0.5, 0.6) is 17.2 Å². The number of ether oxygens (including phenoxy) is 5. The molecule has 42 heavy (non-hydrogen) atoms. The summed E-state index contributed by atoms with van der Waals surface area (Å²) in [4.78, 5) is 27.3. The molecule has 0 aliphatic heterocycles. The predicted octanol–water partition coefficient (Wildman–Crippen LogP) is 7.74. The smallest absolute Gasteiger partial charge is 0.420 e. The SMILES string of the molecule is CCOC(=O)CN(C(=O)Oc1ccc(OC)cc1)c1cc(Cl)c(OC2C=CC(OC)=C(C3CCCCC3)C2=S)c(Cl)c1. The van der Waals surface area contributed by atoms with Crippen LogP contribution < -0.4 is 19.1 Å². The maximum Gasteiger partial charge on any atom is 0.420 e. The molecule has 0 N–H and O–H groups in total. The molecule has 0 saturated heterocycles. The molecular formula is C31H33Cl2NO7S. The largest absolute Gasteiger partial charge is 0.497 e. The zero-order valence-corrected chi connectivity index (χ0v) is 26.0. The number of rotatable bonds is 10. The molecule has 0 bridgehead atoms. The second-order valence-corrected chi connectivity index (χ2v) is 11.0. The molecule has 1 saturated carbocycles. The Morgan fingerprint density at radius 1 is 0.976 bits per heavy atom. The minimum atomic E-state index is -0.834. The predicted molar refractivity (Wildman–Crippen MR) is 166 cm³/mol. The number of allylic oxidation sites excluding steroid dienone is 1. The molecular weight excluding hydrogens is 601 g/mol. The Kier molecular flexibility index (Phi) is 11.1. The molecule has 0 aromatic heterocycles. The fourth-order valence-corrected chi connectivity index (χ4v) is 5.99. The van der Waals surface area contributed by atoms with Crippen molar-refractivity contribution < 1.29 is 33.3 Å². The van der Waals surface area contributed by atoms with Crippen LogP contribution in [0.1, 0.15) is 39.0 Å². The second kappa shape index (κ2) is 14.8. The highest BCUT2D eigenvalue weighted by molar-refractivity contribution is 7.81. The zero-order chi connectivity index (χ0) is 30.2. The van der Waals surface area contributed by atoms with Crippen LogP contribution in [0, 0.1) is 5.92 Å². The van der Waals surface area contributed by atoms with Gasteiger partial charge in [0.25, 0.3) is 0 Å². The second-order valence-electron chi connectivity index (χ2n) is 9.75. The topological polar surface area (TPSA) is 83.5 Å². The fraction of sp³-hybridized carbons (Fsp3) is 0.387. The van der Waals surface area contributed by atoms with Crippen molar-refractivity contribution in [3.05, 3.63) is 69.9 Å². The minimum absolute atomic E-state index is 0.126. The van der Waals surface area contributed by atoms with Crippen LogP contribution in [0.25, 0.3) is 0 Å². The molecule has 1 atom stereocenters. The summed E-state index contributed by atoms with van der Waals surface area (Å²) in [5.41, 5.74) is 1.21. The van der Waals surface area contributed by atoms with Crippen LogP contribution in [0.4, 0.5) is 10.5 Å². The molecule has 8 nitrogen and oxygen atoms in total. The lowest BCUT2D eigenvalue weighted by molar-refractivity contribution is -0.141. The van der Waals surface area contributed by atoms with Crippen LogP contribution >= 0.6 is 35.4 Å². The highest BCUT2D eigenvalue weighted by atomic mass is 35.5. The van der Waals surface area contributed by atoms with Crippen molar-refractivity contribution in [2.45, 2.75) is 45.1 Å². The first-order chi connectivity index (χ1) is 20.2. The van der Waals surface area contributed by atoms with E-state index in [1.54, 1.807) is 38.3 Å². The molecule has 224 valence electrons. The Morgan fingerprint density at radius 3 is 2.21 bits per heavy atom. The number of hydrogen-bond acceptors (Lipinski definition) is 8. The molecule has 2 aliphatic rings. The summed E-state index contributed by atoms with van der Waals surface area (Å²) < 4.78 is 27.6. The van der Waals surface area contributed by atoms with Crippen LogP contribution in [0.15, 0.2) is 59.9 Å². The monoisotopic (exact) mass is 633 g/mol. The average molecular weight is 635 g/mol. The zero-order valence-electron chi connectivity index (χ0n) is 23.7. The molecule has 0 heterocycles. The molecule has 11 heteroatoms. The summed E-state index contributed by atoms with van der Waals surface area (Å²) in [7, 11) is 3.17. The maximum atomic E-state index is 13.2. The molecule has 1 unspecified atom stereocenters. The number of nitrogens with zero attached hydrogens (tertiary/aromatic N) is 1. The number of methoxy groups -OCH3 is 2. The van der Waals surface area contributed by atoms with Crippen molar-refractivity contribution in [1.82, 2.24) is 0 Å². The summed E-state index contributed by atoms with van der Waals surface area (Å²) in [5.74, 6) is 1.47. The molecule has 2 aromatic rings. The molecule has 2 aromatic carbocycles. The van der Waals surface area contributed by atoms with E-state index in [0.29, 0.717) is 16.5 Å². The molecule has 0 spiro atoms. The number of esters is 1. The van der Waals surface area contributed by atoms with Gasteiger partial charge in [-0.1, -0.05) is 54.7 Å². The van der Waals surface area contributed by atoms with Crippen molar-refractivity contribution >= 4 is 58.0 Å². The Bertz CT molecular complexity index is 1350. The number of anilines is 1. The van der Waals surface area contributed by atoms with Gasteiger partial charge in [0.2, 0.25) is 0 Å². The van der Waals surface area contributed by atoms with E-state index in [4.69, 9.17) is 59.1 Å². The van der Waals surface area contributed by atoms with Crippen molar-refractivity contribution in [3.8, 4) is 17.2 Å². The summed E-state index contributed by atoms with van der Waals surface area (Å²) in [6.07, 6.45) is 7.85. The van der Waals surface area contributed by atoms with Gasteiger partial charge < -0.3 is 23.7 Å². The van der Waals surface area contributed by atoms with Gasteiger partial charge in [-0.15, -0.1) is 0 Å². The summed E-state index contributed by atoms with van der Waals surface area (Å²) in [6.45, 7) is 1.39. The van der Waals surface area contributed by atoms with E-state index < -0.39 is 24.7 Å². The highest BCUT2D eigenvalue weighted by Gasteiger charge is 2.32. The number of benzene rings is 2. The van der Waals surface area contributed by atoms with E-state index >= 15 is 0 Å². The Labute approximate surface area is 261 Å². The highest BCUT2D eigenvalue weighted by Crippen LogP contribution is 2.41. The van der Waals surface area contributed by atoms with E-state index in [1.807, 2.05) is 12.2 Å². The Hall–Kier alpha value is -3.27. The fourth-order valence-electron chi connectivity index (χ4n) is 5.03. The number of carbonyl (C=O) groups is 2. The van der Waals surface area contributed by atoms with E-state index in [1.165, 1.54) is 25.7 Å². The van der Waals surface area contributed by atoms with E-state index in [0.717, 1.165) is 41.9 Å². The molecule has 2 aliphatic carbocycles. The number of carbonyl (C=O) groups excluding carboxylic acids is 2. The van der Waals surface area contributed by atoms with Gasteiger partial charge in [-0.3, -0.25) is 9.69 Å². The third kappa shape index (κ3) is 7.56. The summed E-state index contributed by atoms with van der Waals surface area (Å²) in [6, 6.07) is 9.39. The molecule has 1 fully saturated rings. The summed E-state index contributed by atoms with van der Waals surface area (Å²) in [5, 5.41) is 0.251. The van der Waals surface area contributed by atoms with E-state index in [9.17, 15) is 9.59 Å². The van der Waals surface area contributed by atoms with Gasteiger partial charge in [-0.2, -0.15) is 0 Å². The van der Waals surface area contributed by atoms with Crippen LogP contribution in [0.3, 0.4) is 0 Å². The lowest BCUT2D eigenvalue weighted by Crippen LogP contribution is -2.38. The standard InChI is InChI=1S/C31H33Cl2NO7S/c1-4-39-27(35)18-34(31(36)40-22-12-10-21(37-2)11-13-22)20-16-23(32)29(24(33)17-20)41-26-15-14-25(38-3)28(30(26)42)19-8-6-5-7-9-19/h10-17,19,26H,4-9,18H2,1-3H3. The first kappa shape index (κ1) is 31.7. The third-order valence-electron chi connectivity index (χ3n) is 7.06. The summed E-state index contributed by atoms with van der Waals surface area (Å²) >= 11 is 19.2. The molecule has 0 radical (unpaired) electrons. The van der Waals surface area contributed by atoms with Gasteiger partial charge in [0.05, 0.1) is 41.4 Å². The van der Waals surface area contributed by atoms with Gasteiger partial charge in [0.1, 0.15) is 23.8 Å². The number of thiocarbonyl (C=S) groups is 1. The number of halogens is 2. The van der Waals surface area contributed by atoms with Crippen LogP contribution in [-0.4, -0.2) is 50.4 Å². The van der Waals surface area contributed by atoms with Gasteiger partial charge in [-0.25, -0.2) is 4.79 Å². The van der Waals surface area contributed by atoms with Crippen molar-refractivity contribution in [2.75, 3.05) is 32.3 Å². The minimum Gasteiger partial charge on any atom is -0.497 e. The molecule has 1 amide bonds. The van der Waals surface area contributed by atoms with Gasteiger partial charge in [0.15, 0.2) is 11.9 Å². The van der Waals surface area contributed by atoms with Gasteiger partial charge in [0, 0.05) is 5.57 Å². The maximum absolute atomic E-state index is 13.2. The quantitative estimate of drug-likeness (QED) is 0.194. The van der Waals surface area contributed by atoms with Crippen molar-refractivity contribution in [3.63, 3.8) is 0 Å². The van der Waals surface area contributed by atoms with Crippen molar-refractivity contribution in [2.24, 2.45) is 5.92 Å².